The van der Waals surface area contributed by atoms with Crippen molar-refractivity contribution in [1.82, 2.24) is 4.90 Å². The van der Waals surface area contributed by atoms with E-state index in [1.165, 1.54) is 53.6 Å². The van der Waals surface area contributed by atoms with Crippen LogP contribution in [0.25, 0.3) is 11.1 Å². The Bertz CT molecular complexity index is 1070. The van der Waals surface area contributed by atoms with Crippen LogP contribution in [-0.2, 0) is 0 Å². The summed E-state index contributed by atoms with van der Waals surface area (Å²) >= 11 is 0. The minimum atomic E-state index is 0.161. The second-order valence-corrected chi connectivity index (χ2v) is 10.1. The fourth-order valence-electron chi connectivity index (χ4n) is 5.74. The lowest BCUT2D eigenvalue weighted by atomic mass is 9.89. The van der Waals surface area contributed by atoms with E-state index in [1.807, 2.05) is 12.1 Å². The zero-order valence-electron chi connectivity index (χ0n) is 22.1. The van der Waals surface area contributed by atoms with Gasteiger partial charge in [0, 0.05) is 44.5 Å². The van der Waals surface area contributed by atoms with Crippen LogP contribution >= 0.6 is 0 Å². The fraction of sp³-hybridized carbons (Fsp3) is 0.394. The molecule has 0 unspecified atom stereocenters. The molecule has 1 saturated heterocycles. The van der Waals surface area contributed by atoms with Crippen LogP contribution in [0.4, 0.5) is 5.69 Å². The van der Waals surface area contributed by atoms with Crippen molar-refractivity contribution in [2.24, 2.45) is 0 Å². The van der Waals surface area contributed by atoms with E-state index >= 15 is 0 Å². The Morgan fingerprint density at radius 3 is 2.22 bits per heavy atom. The molecule has 4 heteroatoms. The molecular formula is C33H42N2O2. The number of allylic oxidation sites excluding steroid dienone is 6. The van der Waals surface area contributed by atoms with Crippen LogP contribution in [0.1, 0.15) is 56.1 Å². The number of hydrogen-bond acceptors (Lipinski definition) is 4. The van der Waals surface area contributed by atoms with E-state index in [2.05, 4.69) is 64.9 Å². The highest BCUT2D eigenvalue weighted by molar-refractivity contribution is 5.91. The van der Waals surface area contributed by atoms with Gasteiger partial charge in [-0.2, -0.15) is 0 Å². The largest absolute Gasteiger partial charge is 0.508 e. The Kier molecular flexibility index (Phi) is 10.2. The molecule has 0 spiro atoms. The van der Waals surface area contributed by atoms with Gasteiger partial charge in [0.1, 0.15) is 5.76 Å². The molecule has 0 amide bonds. The SMILES string of the molecule is C=C/C=C(O)\C=C/C/C(=C(\CCCO)c1ccccc1)c1ccc(N2CCN(C3CCCC3)CC2)cc1. The van der Waals surface area contributed by atoms with Crippen LogP contribution in [-0.4, -0.2) is 53.9 Å². The van der Waals surface area contributed by atoms with Gasteiger partial charge >= 0.3 is 0 Å². The van der Waals surface area contributed by atoms with Crippen LogP contribution in [0.3, 0.4) is 0 Å². The molecular weight excluding hydrogens is 456 g/mol. The maximum atomic E-state index is 10.0. The average molecular weight is 499 g/mol. The first-order chi connectivity index (χ1) is 18.2. The van der Waals surface area contributed by atoms with Crippen LogP contribution in [0.5, 0.6) is 0 Å². The predicted octanol–water partition coefficient (Wildman–Crippen LogP) is 7.01. The number of piperazine rings is 1. The highest BCUT2D eigenvalue weighted by atomic mass is 16.3. The van der Waals surface area contributed by atoms with E-state index in [0.29, 0.717) is 12.8 Å². The summed E-state index contributed by atoms with van der Waals surface area (Å²) in [4.78, 5) is 5.22. The molecule has 2 aromatic carbocycles. The maximum absolute atomic E-state index is 10.0. The van der Waals surface area contributed by atoms with Gasteiger partial charge in [0.2, 0.25) is 0 Å². The fourth-order valence-corrected chi connectivity index (χ4v) is 5.74. The molecule has 37 heavy (non-hydrogen) atoms. The van der Waals surface area contributed by atoms with Crippen molar-refractivity contribution < 1.29 is 10.2 Å². The summed E-state index contributed by atoms with van der Waals surface area (Å²) < 4.78 is 0. The number of rotatable bonds is 11. The number of benzene rings is 2. The average Bonchev–Trinajstić information content (AvgIpc) is 3.48. The Morgan fingerprint density at radius 1 is 0.892 bits per heavy atom. The molecule has 2 aliphatic rings. The monoisotopic (exact) mass is 498 g/mol. The predicted molar refractivity (Wildman–Crippen MR) is 157 cm³/mol. The van der Waals surface area contributed by atoms with E-state index in [1.54, 1.807) is 18.2 Å². The Hall–Kier alpha value is -3.08. The van der Waals surface area contributed by atoms with Crippen LogP contribution in [0.15, 0.2) is 91.2 Å². The molecule has 0 radical (unpaired) electrons. The molecule has 1 saturated carbocycles. The van der Waals surface area contributed by atoms with Crippen LogP contribution in [0.2, 0.25) is 0 Å². The third kappa shape index (κ3) is 7.47. The molecule has 0 atom stereocenters. The topological polar surface area (TPSA) is 46.9 Å². The normalized spacial score (nSPS) is 18.4. The van der Waals surface area contributed by atoms with Gasteiger partial charge in [-0.25, -0.2) is 0 Å². The minimum Gasteiger partial charge on any atom is -0.508 e. The molecule has 196 valence electrons. The Balaban J connectivity index is 1.57. The summed E-state index contributed by atoms with van der Waals surface area (Å²) in [5.74, 6) is 0.193. The maximum Gasteiger partial charge on any atom is 0.115 e. The zero-order chi connectivity index (χ0) is 25.9. The second-order valence-electron chi connectivity index (χ2n) is 10.1. The molecule has 2 fully saturated rings. The Morgan fingerprint density at radius 2 is 1.57 bits per heavy atom. The van der Waals surface area contributed by atoms with Gasteiger partial charge in [-0.05, 0) is 78.7 Å². The Labute approximate surface area is 222 Å². The summed E-state index contributed by atoms with van der Waals surface area (Å²) in [6, 6.07) is 20.2. The summed E-state index contributed by atoms with van der Waals surface area (Å²) in [5, 5.41) is 19.6. The van der Waals surface area contributed by atoms with Crippen LogP contribution < -0.4 is 4.90 Å². The molecule has 2 N–H and O–H groups in total. The van der Waals surface area contributed by atoms with Crippen molar-refractivity contribution in [3.05, 3.63) is 102 Å². The van der Waals surface area contributed by atoms with Gasteiger partial charge in [-0.15, -0.1) is 0 Å². The summed E-state index contributed by atoms with van der Waals surface area (Å²) in [7, 11) is 0. The van der Waals surface area contributed by atoms with E-state index < -0.39 is 0 Å². The first kappa shape index (κ1) is 27.0. The molecule has 4 nitrogen and oxygen atoms in total. The van der Waals surface area contributed by atoms with Crippen molar-refractivity contribution in [2.75, 3.05) is 37.7 Å². The van der Waals surface area contributed by atoms with Gasteiger partial charge in [0.25, 0.3) is 0 Å². The number of hydrogen-bond donors (Lipinski definition) is 2. The lowest BCUT2D eigenvalue weighted by molar-refractivity contribution is 0.187. The molecule has 1 aliphatic carbocycles. The van der Waals surface area contributed by atoms with Crippen LogP contribution in [0, 0.1) is 0 Å². The lowest BCUT2D eigenvalue weighted by Crippen LogP contribution is -2.49. The molecule has 0 aromatic heterocycles. The van der Waals surface area contributed by atoms with Gasteiger partial charge in [0.05, 0.1) is 0 Å². The summed E-state index contributed by atoms with van der Waals surface area (Å²) in [6.07, 6.45) is 14.6. The summed E-state index contributed by atoms with van der Waals surface area (Å²) in [6.45, 7) is 8.30. The minimum absolute atomic E-state index is 0.161. The van der Waals surface area contributed by atoms with E-state index in [4.69, 9.17) is 0 Å². The third-order valence-corrected chi connectivity index (χ3v) is 7.71. The molecule has 1 aliphatic heterocycles. The molecule has 4 rings (SSSR count). The number of aliphatic hydroxyl groups is 2. The van der Waals surface area contributed by atoms with Crippen molar-refractivity contribution >= 4 is 16.8 Å². The molecule has 1 heterocycles. The number of aliphatic hydroxyl groups excluding tert-OH is 2. The van der Waals surface area contributed by atoms with Gasteiger partial charge in [-0.1, -0.05) is 74.0 Å². The smallest absolute Gasteiger partial charge is 0.115 e. The summed E-state index contributed by atoms with van der Waals surface area (Å²) in [5.41, 5.74) is 6.11. The highest BCUT2D eigenvalue weighted by Crippen LogP contribution is 2.34. The highest BCUT2D eigenvalue weighted by Gasteiger charge is 2.26. The van der Waals surface area contributed by atoms with Gasteiger partial charge in [0.15, 0.2) is 0 Å². The number of anilines is 1. The van der Waals surface area contributed by atoms with E-state index in [-0.39, 0.29) is 12.4 Å². The van der Waals surface area contributed by atoms with Crippen molar-refractivity contribution in [3.8, 4) is 0 Å². The first-order valence-electron chi connectivity index (χ1n) is 13.9. The van der Waals surface area contributed by atoms with Crippen molar-refractivity contribution in [2.45, 2.75) is 51.0 Å². The van der Waals surface area contributed by atoms with Gasteiger partial charge < -0.3 is 15.1 Å². The quantitative estimate of drug-likeness (QED) is 0.199. The van der Waals surface area contributed by atoms with Gasteiger partial charge in [-0.3, -0.25) is 4.90 Å². The second kappa shape index (κ2) is 14.0. The lowest BCUT2D eigenvalue weighted by Gasteiger charge is -2.39. The van der Waals surface area contributed by atoms with E-state index in [0.717, 1.165) is 38.6 Å². The van der Waals surface area contributed by atoms with E-state index in [9.17, 15) is 10.2 Å². The number of nitrogens with zero attached hydrogens (tertiary/aromatic N) is 2. The third-order valence-electron chi connectivity index (χ3n) is 7.71. The van der Waals surface area contributed by atoms with Crippen molar-refractivity contribution in [1.29, 1.82) is 0 Å². The zero-order valence-corrected chi connectivity index (χ0v) is 22.1. The molecule has 0 bridgehead atoms. The first-order valence-corrected chi connectivity index (χ1v) is 13.9. The standard InChI is InChI=1S/C33H42N2O2/c1-2-10-31(37)15-8-16-32(33(17-9-26-36)27-11-4-3-5-12-27)28-18-20-30(21-19-28)35-24-22-34(23-25-35)29-13-6-7-14-29/h2-5,8,10-12,15,18-21,29,36-37H,1,6-7,9,13-14,16-17,22-26H2/b15-8-,31-10+,33-32-. The van der Waals surface area contributed by atoms with Crippen molar-refractivity contribution in [3.63, 3.8) is 0 Å². The molecule has 2 aromatic rings.